The summed E-state index contributed by atoms with van der Waals surface area (Å²) < 4.78 is 0. The molecule has 0 spiro atoms. The van der Waals surface area contributed by atoms with Crippen LogP contribution >= 0.6 is 0 Å². The molecule has 4 aliphatic rings. The number of carbonyl (C=O) groups excluding carboxylic acids is 1. The van der Waals surface area contributed by atoms with Crippen molar-refractivity contribution in [3.05, 3.63) is 36.2 Å². The van der Waals surface area contributed by atoms with Crippen molar-refractivity contribution in [2.45, 2.75) is 64.3 Å². The highest BCUT2D eigenvalue weighted by atomic mass is 16.2. The Labute approximate surface area is 172 Å². The summed E-state index contributed by atoms with van der Waals surface area (Å²) in [7, 11) is 0. The molecule has 0 radical (unpaired) electrons. The minimum absolute atomic E-state index is 0.0211. The van der Waals surface area contributed by atoms with Gasteiger partial charge in [-0.3, -0.25) is 4.79 Å². The van der Waals surface area contributed by atoms with E-state index in [1.165, 1.54) is 17.6 Å². The molecule has 29 heavy (non-hydrogen) atoms. The van der Waals surface area contributed by atoms with Crippen LogP contribution in [0.2, 0.25) is 0 Å². The van der Waals surface area contributed by atoms with Crippen LogP contribution in [0.25, 0.3) is 5.57 Å². The summed E-state index contributed by atoms with van der Waals surface area (Å²) in [5.41, 5.74) is 2.85. The lowest BCUT2D eigenvalue weighted by Gasteiger charge is -2.61. The molecular formula is C23H31N5O. The number of nitrogens with one attached hydrogen (secondary N) is 1. The van der Waals surface area contributed by atoms with E-state index in [9.17, 15) is 4.79 Å². The van der Waals surface area contributed by atoms with Crippen molar-refractivity contribution in [3.8, 4) is 0 Å². The Balaban J connectivity index is 1.48. The zero-order valence-corrected chi connectivity index (χ0v) is 17.5. The van der Waals surface area contributed by atoms with Crippen LogP contribution in [0.1, 0.15) is 64.6 Å². The third-order valence-electron chi connectivity index (χ3n) is 8.66. The van der Waals surface area contributed by atoms with Gasteiger partial charge in [0, 0.05) is 24.1 Å². The fourth-order valence-corrected chi connectivity index (χ4v) is 7.10. The van der Waals surface area contributed by atoms with Crippen molar-refractivity contribution in [2.24, 2.45) is 23.2 Å². The molecule has 6 nitrogen and oxygen atoms in total. The van der Waals surface area contributed by atoms with Crippen LogP contribution < -0.4 is 0 Å². The predicted octanol–water partition coefficient (Wildman–Crippen LogP) is 3.92. The van der Waals surface area contributed by atoms with E-state index in [-0.39, 0.29) is 11.0 Å². The first kappa shape index (κ1) is 18.8. The number of piperidine rings is 1. The summed E-state index contributed by atoms with van der Waals surface area (Å²) in [5, 5.41) is 14.7. The number of fused-ring (bicyclic) bond motifs is 5. The molecule has 2 fully saturated rings. The number of rotatable bonds is 3. The van der Waals surface area contributed by atoms with Gasteiger partial charge in [0.2, 0.25) is 11.7 Å². The molecule has 154 valence electrons. The van der Waals surface area contributed by atoms with Gasteiger partial charge in [0.15, 0.2) is 0 Å². The standard InChI is InChI=1S/C23H31N5O/c1-4-13-28-20(29)8-7-19-17-6-5-16-14-15(21-24-26-27-25-21)9-11-22(16,2)18(17)10-12-23(19,28)3/h4-5,14,17-19H,1,6-13H2,2-3H3,(H,24,25,26,27)/t17-,18+,19+,22+,23+/m1/s1. The smallest absolute Gasteiger partial charge is 0.223 e. The highest BCUT2D eigenvalue weighted by Gasteiger charge is 2.57. The maximum Gasteiger partial charge on any atom is 0.223 e. The van der Waals surface area contributed by atoms with E-state index < -0.39 is 0 Å². The molecule has 2 heterocycles. The molecule has 5 atom stereocenters. The predicted molar refractivity (Wildman–Crippen MR) is 111 cm³/mol. The highest BCUT2D eigenvalue weighted by molar-refractivity contribution is 5.78. The molecule has 0 unspecified atom stereocenters. The third-order valence-corrected chi connectivity index (χ3v) is 8.66. The maximum absolute atomic E-state index is 12.7. The molecule has 1 saturated heterocycles. The lowest BCUT2D eigenvalue weighted by molar-refractivity contribution is -0.155. The first-order valence-electron chi connectivity index (χ1n) is 11.0. The van der Waals surface area contributed by atoms with Gasteiger partial charge < -0.3 is 4.90 Å². The third kappa shape index (κ3) is 2.67. The average molecular weight is 394 g/mol. The number of H-pyrrole nitrogens is 1. The number of hydrogen-bond donors (Lipinski definition) is 1. The minimum atomic E-state index is -0.0211. The van der Waals surface area contributed by atoms with Crippen molar-refractivity contribution in [1.82, 2.24) is 25.5 Å². The van der Waals surface area contributed by atoms with E-state index in [1.807, 2.05) is 6.08 Å². The largest absolute Gasteiger partial charge is 0.333 e. The minimum Gasteiger partial charge on any atom is -0.333 e. The molecule has 1 aliphatic heterocycles. The number of carbonyl (C=O) groups is 1. The van der Waals surface area contributed by atoms with Gasteiger partial charge in [-0.05, 0) is 79.4 Å². The second-order valence-electron chi connectivity index (χ2n) is 9.82. The van der Waals surface area contributed by atoms with Crippen LogP contribution in [0.15, 0.2) is 30.4 Å². The average Bonchev–Trinajstić information content (AvgIpc) is 3.24. The Hall–Kier alpha value is -2.24. The van der Waals surface area contributed by atoms with E-state index in [2.05, 4.69) is 58.1 Å². The number of amides is 1. The van der Waals surface area contributed by atoms with Crippen molar-refractivity contribution in [1.29, 1.82) is 0 Å². The maximum atomic E-state index is 12.7. The van der Waals surface area contributed by atoms with Crippen LogP contribution in [0, 0.1) is 23.2 Å². The molecule has 1 aromatic rings. The Bertz CT molecular complexity index is 887. The Morgan fingerprint density at radius 3 is 2.90 bits per heavy atom. The fourth-order valence-electron chi connectivity index (χ4n) is 7.10. The van der Waals surface area contributed by atoms with Crippen molar-refractivity contribution >= 4 is 11.5 Å². The fraction of sp³-hybridized carbons (Fsp3) is 0.652. The van der Waals surface area contributed by atoms with Crippen molar-refractivity contribution in [3.63, 3.8) is 0 Å². The summed E-state index contributed by atoms with van der Waals surface area (Å²) in [5.74, 6) is 2.96. The van der Waals surface area contributed by atoms with Crippen molar-refractivity contribution in [2.75, 3.05) is 6.54 Å². The summed E-state index contributed by atoms with van der Waals surface area (Å²) in [6, 6.07) is 0. The highest BCUT2D eigenvalue weighted by Crippen LogP contribution is 2.61. The molecule has 1 N–H and O–H groups in total. The second-order valence-corrected chi connectivity index (χ2v) is 9.82. The number of nitrogens with zero attached hydrogens (tertiary/aromatic N) is 4. The molecule has 1 amide bonds. The monoisotopic (exact) mass is 393 g/mol. The van der Waals surface area contributed by atoms with Crippen LogP contribution in [0.3, 0.4) is 0 Å². The summed E-state index contributed by atoms with van der Waals surface area (Å²) in [4.78, 5) is 14.8. The molecule has 0 bridgehead atoms. The van der Waals surface area contributed by atoms with Crippen LogP contribution in [0.4, 0.5) is 0 Å². The van der Waals surface area contributed by atoms with Gasteiger partial charge in [-0.25, -0.2) is 0 Å². The molecule has 1 saturated carbocycles. The van der Waals surface area contributed by atoms with E-state index in [4.69, 9.17) is 0 Å². The summed E-state index contributed by atoms with van der Waals surface area (Å²) >= 11 is 0. The van der Waals surface area contributed by atoms with Gasteiger partial charge in [0.05, 0.1) is 0 Å². The van der Waals surface area contributed by atoms with Gasteiger partial charge in [-0.1, -0.05) is 25.2 Å². The molecule has 1 aromatic heterocycles. The van der Waals surface area contributed by atoms with Gasteiger partial charge in [-0.2, -0.15) is 5.21 Å². The van der Waals surface area contributed by atoms with Gasteiger partial charge >= 0.3 is 0 Å². The molecule has 0 aromatic carbocycles. The molecule has 5 rings (SSSR count). The zero-order valence-electron chi connectivity index (χ0n) is 17.5. The zero-order chi connectivity index (χ0) is 20.2. The van der Waals surface area contributed by atoms with E-state index in [1.54, 1.807) is 0 Å². The molecular weight excluding hydrogens is 362 g/mol. The summed E-state index contributed by atoms with van der Waals surface area (Å²) in [6.07, 6.45) is 14.0. The SMILES string of the molecule is C=CCN1C(=O)CC[C@H]2[C@@H]3CC=C4C=C(c5nn[nH]n5)CC[C@]4(C)[C@H]3CC[C@@]21C. The lowest BCUT2D eigenvalue weighted by atomic mass is 9.48. The Morgan fingerprint density at radius 2 is 2.14 bits per heavy atom. The van der Waals surface area contributed by atoms with Crippen LogP contribution in [-0.4, -0.2) is 43.5 Å². The van der Waals surface area contributed by atoms with Crippen molar-refractivity contribution < 1.29 is 4.79 Å². The number of aromatic nitrogens is 4. The Morgan fingerprint density at radius 1 is 1.28 bits per heavy atom. The lowest BCUT2D eigenvalue weighted by Crippen LogP contribution is -2.63. The summed E-state index contributed by atoms with van der Waals surface area (Å²) in [6.45, 7) is 9.39. The number of allylic oxidation sites excluding steroid dienone is 4. The molecule has 6 heteroatoms. The normalized spacial score (nSPS) is 39.0. The quantitative estimate of drug-likeness (QED) is 0.790. The van der Waals surface area contributed by atoms with Gasteiger partial charge in [0.25, 0.3) is 0 Å². The second kappa shape index (κ2) is 6.64. The van der Waals surface area contributed by atoms with Crippen LogP contribution in [0.5, 0.6) is 0 Å². The van der Waals surface area contributed by atoms with Gasteiger partial charge in [0.1, 0.15) is 0 Å². The van der Waals surface area contributed by atoms with Crippen LogP contribution in [-0.2, 0) is 4.79 Å². The first-order chi connectivity index (χ1) is 14.0. The number of tetrazole rings is 1. The first-order valence-corrected chi connectivity index (χ1v) is 11.0. The number of likely N-dealkylation sites (tertiary alicyclic amines) is 1. The van der Waals surface area contributed by atoms with Gasteiger partial charge in [-0.15, -0.1) is 16.8 Å². The molecule has 3 aliphatic carbocycles. The van der Waals surface area contributed by atoms with E-state index in [0.29, 0.717) is 36.6 Å². The number of hydrogen-bond acceptors (Lipinski definition) is 4. The van der Waals surface area contributed by atoms with E-state index in [0.717, 1.165) is 37.9 Å². The topological polar surface area (TPSA) is 74.8 Å². The Kier molecular flexibility index (Phi) is 4.30. The number of aromatic amines is 1. The van der Waals surface area contributed by atoms with E-state index >= 15 is 0 Å².